The summed E-state index contributed by atoms with van der Waals surface area (Å²) in [5, 5.41) is 11.5. The molecule has 0 saturated carbocycles. The van der Waals surface area contributed by atoms with Gasteiger partial charge in [-0.1, -0.05) is 17.7 Å². The first kappa shape index (κ1) is 17.9. The topological polar surface area (TPSA) is 77.2 Å². The van der Waals surface area contributed by atoms with Gasteiger partial charge in [0, 0.05) is 23.4 Å². The third-order valence-corrected chi connectivity index (χ3v) is 4.00. The second-order valence-electron chi connectivity index (χ2n) is 5.76. The summed E-state index contributed by atoms with van der Waals surface area (Å²) in [6.07, 6.45) is 0.569. The molecule has 0 bridgehead atoms. The van der Waals surface area contributed by atoms with Gasteiger partial charge in [-0.25, -0.2) is 0 Å². The van der Waals surface area contributed by atoms with Gasteiger partial charge >= 0.3 is 0 Å². The van der Waals surface area contributed by atoms with Gasteiger partial charge in [0.1, 0.15) is 5.75 Å². The van der Waals surface area contributed by atoms with Crippen LogP contribution in [0, 0.1) is 6.92 Å². The first-order valence-corrected chi connectivity index (χ1v) is 8.46. The molecule has 0 spiro atoms. The van der Waals surface area contributed by atoms with Crippen LogP contribution in [0.25, 0.3) is 11.5 Å². The van der Waals surface area contributed by atoms with E-state index in [9.17, 15) is 4.79 Å². The minimum atomic E-state index is -0.153. The standard InChI is InChI=1S/C19H18ClN3O3/c1-12-3-8-16(25-2)15(11-12)21-17(24)9-10-18-22-23-19(26-18)13-4-6-14(20)7-5-13/h3-8,11H,9-10H2,1-2H3,(H,21,24). The number of hydrogen-bond donors (Lipinski definition) is 1. The largest absolute Gasteiger partial charge is 0.495 e. The number of carbonyl (C=O) groups is 1. The zero-order chi connectivity index (χ0) is 18.5. The Bertz CT molecular complexity index is 907. The van der Waals surface area contributed by atoms with Crippen molar-refractivity contribution in [3.05, 3.63) is 58.9 Å². The summed E-state index contributed by atoms with van der Waals surface area (Å²) in [4.78, 5) is 12.2. The molecule has 134 valence electrons. The number of ether oxygens (including phenoxy) is 1. The number of anilines is 1. The molecule has 0 atom stereocenters. The highest BCUT2D eigenvalue weighted by molar-refractivity contribution is 6.30. The molecule has 7 heteroatoms. The minimum Gasteiger partial charge on any atom is -0.495 e. The highest BCUT2D eigenvalue weighted by atomic mass is 35.5. The lowest BCUT2D eigenvalue weighted by Crippen LogP contribution is -2.13. The Kier molecular flexibility index (Phi) is 5.53. The Hall–Kier alpha value is -2.86. The van der Waals surface area contributed by atoms with E-state index in [1.54, 1.807) is 31.4 Å². The lowest BCUT2D eigenvalue weighted by molar-refractivity contribution is -0.116. The fourth-order valence-corrected chi connectivity index (χ4v) is 2.54. The maximum absolute atomic E-state index is 12.2. The summed E-state index contributed by atoms with van der Waals surface area (Å²) in [5.74, 6) is 1.27. The summed E-state index contributed by atoms with van der Waals surface area (Å²) >= 11 is 5.87. The van der Waals surface area contributed by atoms with E-state index < -0.39 is 0 Å². The molecule has 0 unspecified atom stereocenters. The van der Waals surface area contributed by atoms with Crippen LogP contribution < -0.4 is 10.1 Å². The SMILES string of the molecule is COc1ccc(C)cc1NC(=O)CCc1nnc(-c2ccc(Cl)cc2)o1. The van der Waals surface area contributed by atoms with Crippen molar-refractivity contribution in [1.29, 1.82) is 0 Å². The second kappa shape index (κ2) is 8.01. The number of carbonyl (C=O) groups excluding carboxylic acids is 1. The van der Waals surface area contributed by atoms with Crippen LogP contribution in [0.15, 0.2) is 46.9 Å². The van der Waals surface area contributed by atoms with Gasteiger partial charge in [-0.15, -0.1) is 10.2 Å². The van der Waals surface area contributed by atoms with E-state index >= 15 is 0 Å². The maximum atomic E-state index is 12.2. The van der Waals surface area contributed by atoms with E-state index in [1.165, 1.54) is 0 Å². The normalized spacial score (nSPS) is 10.6. The van der Waals surface area contributed by atoms with E-state index in [2.05, 4.69) is 15.5 Å². The zero-order valence-electron chi connectivity index (χ0n) is 14.5. The Morgan fingerprint density at radius 2 is 1.96 bits per heavy atom. The van der Waals surface area contributed by atoms with Gasteiger partial charge in [-0.05, 0) is 48.9 Å². The van der Waals surface area contributed by atoms with Crippen LogP contribution in [0.2, 0.25) is 5.02 Å². The smallest absolute Gasteiger partial charge is 0.247 e. The highest BCUT2D eigenvalue weighted by Gasteiger charge is 2.12. The third-order valence-electron chi connectivity index (χ3n) is 3.75. The summed E-state index contributed by atoms with van der Waals surface area (Å²) < 4.78 is 10.9. The van der Waals surface area contributed by atoms with Crippen LogP contribution in [0.4, 0.5) is 5.69 Å². The van der Waals surface area contributed by atoms with E-state index in [-0.39, 0.29) is 12.3 Å². The van der Waals surface area contributed by atoms with Gasteiger partial charge in [0.2, 0.25) is 17.7 Å². The van der Waals surface area contributed by atoms with E-state index in [1.807, 2.05) is 25.1 Å². The van der Waals surface area contributed by atoms with Crippen molar-refractivity contribution in [3.63, 3.8) is 0 Å². The third kappa shape index (κ3) is 4.40. The van der Waals surface area contributed by atoms with Gasteiger partial charge < -0.3 is 14.5 Å². The van der Waals surface area contributed by atoms with Crippen LogP contribution >= 0.6 is 11.6 Å². The molecule has 0 aliphatic carbocycles. The summed E-state index contributed by atoms with van der Waals surface area (Å²) in [6, 6.07) is 12.7. The van der Waals surface area contributed by atoms with Gasteiger partial charge in [0.25, 0.3) is 0 Å². The number of nitrogens with one attached hydrogen (secondary N) is 1. The summed E-state index contributed by atoms with van der Waals surface area (Å²) in [6.45, 7) is 1.95. The average molecular weight is 372 g/mol. The quantitative estimate of drug-likeness (QED) is 0.699. The van der Waals surface area contributed by atoms with Crippen molar-refractivity contribution in [2.24, 2.45) is 0 Å². The number of amides is 1. The molecular weight excluding hydrogens is 354 g/mol. The molecule has 1 heterocycles. The van der Waals surface area contributed by atoms with Gasteiger partial charge in [-0.2, -0.15) is 0 Å². The van der Waals surface area contributed by atoms with Crippen molar-refractivity contribution < 1.29 is 13.9 Å². The zero-order valence-corrected chi connectivity index (χ0v) is 15.2. The number of benzene rings is 2. The fraction of sp³-hybridized carbons (Fsp3) is 0.211. The summed E-state index contributed by atoms with van der Waals surface area (Å²) in [5.41, 5.74) is 2.46. The first-order valence-electron chi connectivity index (χ1n) is 8.08. The van der Waals surface area contributed by atoms with Gasteiger partial charge in [-0.3, -0.25) is 4.79 Å². The molecule has 0 radical (unpaired) electrons. The van der Waals surface area contributed by atoms with Crippen molar-refractivity contribution in [3.8, 4) is 17.2 Å². The number of aryl methyl sites for hydroxylation is 2. The lowest BCUT2D eigenvalue weighted by atomic mass is 10.2. The Morgan fingerprint density at radius 3 is 2.69 bits per heavy atom. The van der Waals surface area contributed by atoms with Crippen molar-refractivity contribution in [2.75, 3.05) is 12.4 Å². The van der Waals surface area contributed by atoms with Crippen molar-refractivity contribution in [2.45, 2.75) is 19.8 Å². The molecular formula is C19H18ClN3O3. The van der Waals surface area contributed by atoms with Crippen LogP contribution in [-0.4, -0.2) is 23.2 Å². The number of aromatic nitrogens is 2. The number of hydrogen-bond acceptors (Lipinski definition) is 5. The molecule has 6 nitrogen and oxygen atoms in total. The molecule has 3 rings (SSSR count). The average Bonchev–Trinajstić information content (AvgIpc) is 3.10. The number of halogens is 1. The molecule has 26 heavy (non-hydrogen) atoms. The minimum absolute atomic E-state index is 0.153. The van der Waals surface area contributed by atoms with Gasteiger partial charge in [0.05, 0.1) is 12.8 Å². The molecule has 0 aliphatic rings. The molecule has 3 aromatic rings. The Morgan fingerprint density at radius 1 is 1.19 bits per heavy atom. The first-order chi connectivity index (χ1) is 12.5. The molecule has 1 aromatic heterocycles. The van der Waals surface area contributed by atoms with Crippen molar-refractivity contribution in [1.82, 2.24) is 10.2 Å². The van der Waals surface area contributed by atoms with Crippen LogP contribution in [-0.2, 0) is 11.2 Å². The highest BCUT2D eigenvalue weighted by Crippen LogP contribution is 2.25. The maximum Gasteiger partial charge on any atom is 0.247 e. The monoisotopic (exact) mass is 371 g/mol. The fourth-order valence-electron chi connectivity index (χ4n) is 2.42. The molecule has 1 amide bonds. The predicted molar refractivity (Wildman–Crippen MR) is 99.4 cm³/mol. The van der Waals surface area contributed by atoms with Crippen LogP contribution in [0.3, 0.4) is 0 Å². The second-order valence-corrected chi connectivity index (χ2v) is 6.20. The van der Waals surface area contributed by atoms with E-state index in [0.29, 0.717) is 34.7 Å². The Labute approximate surface area is 156 Å². The molecule has 1 N–H and O–H groups in total. The lowest BCUT2D eigenvalue weighted by Gasteiger charge is -2.10. The van der Waals surface area contributed by atoms with Gasteiger partial charge in [0.15, 0.2) is 0 Å². The number of methoxy groups -OCH3 is 1. The van der Waals surface area contributed by atoms with E-state index in [0.717, 1.165) is 11.1 Å². The van der Waals surface area contributed by atoms with Crippen LogP contribution in [0.1, 0.15) is 17.9 Å². The van der Waals surface area contributed by atoms with Crippen molar-refractivity contribution >= 4 is 23.2 Å². The van der Waals surface area contributed by atoms with E-state index in [4.69, 9.17) is 20.8 Å². The molecule has 0 saturated heterocycles. The predicted octanol–water partition coefficient (Wildman–Crippen LogP) is 4.28. The number of nitrogens with zero attached hydrogens (tertiary/aromatic N) is 2. The Balaban J connectivity index is 1.60. The van der Waals surface area contributed by atoms with Crippen LogP contribution in [0.5, 0.6) is 5.75 Å². The molecule has 2 aromatic carbocycles. The number of rotatable bonds is 6. The molecule has 0 aliphatic heterocycles. The summed E-state index contributed by atoms with van der Waals surface area (Å²) in [7, 11) is 1.57. The molecule has 0 fully saturated rings.